The molecule has 0 aromatic heterocycles. The predicted octanol–water partition coefficient (Wildman–Crippen LogP) is 2.69. The summed E-state index contributed by atoms with van der Waals surface area (Å²) in [6.07, 6.45) is 0.746. The number of aliphatic hydroxyl groups is 1. The van der Waals surface area contributed by atoms with Gasteiger partial charge < -0.3 is 10.4 Å². The van der Waals surface area contributed by atoms with Gasteiger partial charge in [0.2, 0.25) is 0 Å². The first-order valence-corrected chi connectivity index (χ1v) is 7.26. The molecule has 0 fully saturated rings. The lowest BCUT2D eigenvalue weighted by Gasteiger charge is -2.27. The van der Waals surface area contributed by atoms with Crippen LogP contribution >= 0.6 is 11.6 Å². The van der Waals surface area contributed by atoms with Crippen molar-refractivity contribution in [2.45, 2.75) is 32.4 Å². The summed E-state index contributed by atoms with van der Waals surface area (Å²) in [5.74, 6) is 0. The highest BCUT2D eigenvalue weighted by molar-refractivity contribution is 6.30. The van der Waals surface area contributed by atoms with E-state index in [1.165, 1.54) is 5.56 Å². The van der Waals surface area contributed by atoms with E-state index >= 15 is 0 Å². The first kappa shape index (κ1) is 16.4. The van der Waals surface area contributed by atoms with Crippen LogP contribution < -0.4 is 5.32 Å². The van der Waals surface area contributed by atoms with Crippen molar-refractivity contribution in [2.24, 2.45) is 0 Å². The molecule has 0 spiro atoms. The van der Waals surface area contributed by atoms with Gasteiger partial charge in [0, 0.05) is 24.2 Å². The summed E-state index contributed by atoms with van der Waals surface area (Å²) in [6, 6.07) is 8.13. The summed E-state index contributed by atoms with van der Waals surface area (Å²) in [6.45, 7) is 6.50. The third-order valence-electron chi connectivity index (χ3n) is 3.32. The first-order valence-electron chi connectivity index (χ1n) is 6.89. The predicted molar refractivity (Wildman–Crippen MR) is 81.7 cm³/mol. The van der Waals surface area contributed by atoms with E-state index < -0.39 is 0 Å². The fourth-order valence-electron chi connectivity index (χ4n) is 2.00. The van der Waals surface area contributed by atoms with E-state index in [0.29, 0.717) is 13.1 Å². The molecular formula is C15H25ClN2O. The van der Waals surface area contributed by atoms with Crippen molar-refractivity contribution >= 4 is 11.6 Å². The Hall–Kier alpha value is -0.610. The Morgan fingerprint density at radius 1 is 1.32 bits per heavy atom. The fraction of sp³-hybridized carbons (Fsp3) is 0.600. The molecule has 0 aliphatic carbocycles. The van der Waals surface area contributed by atoms with Crippen LogP contribution in [0.5, 0.6) is 0 Å². The van der Waals surface area contributed by atoms with Crippen molar-refractivity contribution in [3.8, 4) is 0 Å². The molecule has 2 atom stereocenters. The topological polar surface area (TPSA) is 35.5 Å². The van der Waals surface area contributed by atoms with Gasteiger partial charge in [-0.2, -0.15) is 0 Å². The second-order valence-corrected chi connectivity index (χ2v) is 5.46. The molecule has 0 saturated carbocycles. The fourth-order valence-corrected chi connectivity index (χ4v) is 2.12. The van der Waals surface area contributed by atoms with Crippen molar-refractivity contribution < 1.29 is 5.11 Å². The van der Waals surface area contributed by atoms with E-state index in [2.05, 4.69) is 24.1 Å². The number of nitrogens with zero attached hydrogens (tertiary/aromatic N) is 1. The highest BCUT2D eigenvalue weighted by Crippen LogP contribution is 2.20. The highest BCUT2D eigenvalue weighted by Gasteiger charge is 2.15. The molecule has 2 unspecified atom stereocenters. The summed E-state index contributed by atoms with van der Waals surface area (Å²) >= 11 is 5.89. The van der Waals surface area contributed by atoms with Crippen molar-refractivity contribution in [3.05, 3.63) is 34.9 Å². The second-order valence-electron chi connectivity index (χ2n) is 5.03. The van der Waals surface area contributed by atoms with Gasteiger partial charge in [-0.05, 0) is 44.6 Å². The molecule has 108 valence electrons. The van der Waals surface area contributed by atoms with Gasteiger partial charge in [0.05, 0.1) is 6.10 Å². The van der Waals surface area contributed by atoms with E-state index in [0.717, 1.165) is 18.0 Å². The van der Waals surface area contributed by atoms with Gasteiger partial charge in [-0.3, -0.25) is 4.90 Å². The number of nitrogens with one attached hydrogen (secondary N) is 1. The van der Waals surface area contributed by atoms with Gasteiger partial charge >= 0.3 is 0 Å². The van der Waals surface area contributed by atoms with E-state index in [4.69, 9.17) is 11.6 Å². The van der Waals surface area contributed by atoms with Crippen LogP contribution in [0.25, 0.3) is 0 Å². The zero-order chi connectivity index (χ0) is 14.3. The molecule has 1 aromatic carbocycles. The average Bonchev–Trinajstić information content (AvgIpc) is 2.39. The molecule has 0 saturated heterocycles. The Balaban J connectivity index is 2.43. The van der Waals surface area contributed by atoms with Gasteiger partial charge in [0.25, 0.3) is 0 Å². The molecule has 1 rings (SSSR count). The maximum atomic E-state index is 9.96. The second kappa shape index (κ2) is 8.54. The van der Waals surface area contributed by atoms with E-state index in [-0.39, 0.29) is 12.1 Å². The minimum Gasteiger partial charge on any atom is -0.390 e. The van der Waals surface area contributed by atoms with Crippen LogP contribution in [0.15, 0.2) is 24.3 Å². The molecule has 0 bridgehead atoms. The van der Waals surface area contributed by atoms with E-state index in [9.17, 15) is 5.11 Å². The minimum atomic E-state index is -0.341. The summed E-state index contributed by atoms with van der Waals surface area (Å²) in [7, 11) is 2.03. The first-order chi connectivity index (χ1) is 9.04. The molecule has 0 aliphatic rings. The standard InChI is InChI=1S/C15H25ClN2O/c1-4-9-17-10-15(19)11-18(3)12(2)13-5-7-14(16)8-6-13/h5-8,12,15,17,19H,4,9-11H2,1-3H3. The lowest BCUT2D eigenvalue weighted by molar-refractivity contribution is 0.107. The van der Waals surface area contributed by atoms with Crippen molar-refractivity contribution in [3.63, 3.8) is 0 Å². The minimum absolute atomic E-state index is 0.262. The van der Waals surface area contributed by atoms with Gasteiger partial charge in [-0.15, -0.1) is 0 Å². The molecule has 0 aliphatic heterocycles. The number of hydrogen-bond acceptors (Lipinski definition) is 3. The molecule has 0 heterocycles. The lowest BCUT2D eigenvalue weighted by Crippen LogP contribution is -2.37. The Morgan fingerprint density at radius 2 is 1.95 bits per heavy atom. The molecule has 3 nitrogen and oxygen atoms in total. The van der Waals surface area contributed by atoms with E-state index in [1.54, 1.807) is 0 Å². The van der Waals surface area contributed by atoms with Crippen LogP contribution in [0, 0.1) is 0 Å². The Labute approximate surface area is 121 Å². The zero-order valence-corrected chi connectivity index (χ0v) is 12.8. The molecular weight excluding hydrogens is 260 g/mol. The molecule has 4 heteroatoms. The normalized spacial score (nSPS) is 14.6. The number of likely N-dealkylation sites (N-methyl/N-ethyl adjacent to an activating group) is 1. The summed E-state index contributed by atoms with van der Waals surface area (Å²) in [4.78, 5) is 2.15. The zero-order valence-electron chi connectivity index (χ0n) is 12.1. The van der Waals surface area contributed by atoms with Crippen LogP contribution in [0.1, 0.15) is 31.9 Å². The number of hydrogen-bond donors (Lipinski definition) is 2. The maximum absolute atomic E-state index is 9.96. The highest BCUT2D eigenvalue weighted by atomic mass is 35.5. The van der Waals surface area contributed by atoms with Gasteiger partial charge in [-0.1, -0.05) is 30.7 Å². The third kappa shape index (κ3) is 5.91. The third-order valence-corrected chi connectivity index (χ3v) is 3.57. The maximum Gasteiger partial charge on any atom is 0.0791 e. The van der Waals surface area contributed by atoms with Crippen LogP contribution in [-0.2, 0) is 0 Å². The van der Waals surface area contributed by atoms with Crippen LogP contribution in [0.2, 0.25) is 5.02 Å². The number of aliphatic hydroxyl groups excluding tert-OH is 1. The molecule has 0 amide bonds. The Morgan fingerprint density at radius 3 is 2.53 bits per heavy atom. The monoisotopic (exact) mass is 284 g/mol. The van der Waals surface area contributed by atoms with Gasteiger partial charge in [0.15, 0.2) is 0 Å². The summed E-state index contributed by atoms with van der Waals surface area (Å²) in [5, 5.41) is 13.9. The van der Waals surface area contributed by atoms with Crippen LogP contribution in [-0.4, -0.2) is 42.8 Å². The van der Waals surface area contributed by atoms with E-state index in [1.807, 2.05) is 31.3 Å². The molecule has 2 N–H and O–H groups in total. The number of benzene rings is 1. The number of rotatable bonds is 8. The molecule has 19 heavy (non-hydrogen) atoms. The molecule has 0 radical (unpaired) electrons. The summed E-state index contributed by atoms with van der Waals surface area (Å²) in [5.41, 5.74) is 1.21. The number of halogens is 1. The largest absolute Gasteiger partial charge is 0.390 e. The van der Waals surface area contributed by atoms with Crippen molar-refractivity contribution in [1.29, 1.82) is 0 Å². The SMILES string of the molecule is CCCNCC(O)CN(C)C(C)c1ccc(Cl)cc1. The van der Waals surface area contributed by atoms with Crippen molar-refractivity contribution in [1.82, 2.24) is 10.2 Å². The van der Waals surface area contributed by atoms with Crippen LogP contribution in [0.4, 0.5) is 0 Å². The van der Waals surface area contributed by atoms with Crippen molar-refractivity contribution in [2.75, 3.05) is 26.7 Å². The van der Waals surface area contributed by atoms with Crippen LogP contribution in [0.3, 0.4) is 0 Å². The Bertz CT molecular complexity index is 356. The molecule has 1 aromatic rings. The van der Waals surface area contributed by atoms with Gasteiger partial charge in [0.1, 0.15) is 0 Å². The smallest absolute Gasteiger partial charge is 0.0791 e. The average molecular weight is 285 g/mol. The quantitative estimate of drug-likeness (QED) is 0.721. The van der Waals surface area contributed by atoms with Gasteiger partial charge in [-0.25, -0.2) is 0 Å². The Kier molecular flexibility index (Phi) is 7.39. The summed E-state index contributed by atoms with van der Waals surface area (Å²) < 4.78 is 0. The lowest BCUT2D eigenvalue weighted by atomic mass is 10.1.